The zero-order valence-electron chi connectivity index (χ0n) is 44.3. The minimum absolute atomic E-state index is 0.0937. The number of carbonyl (C=O) groups excluding carboxylic acids is 3. The van der Waals surface area contributed by atoms with Crippen molar-refractivity contribution in [1.82, 2.24) is 0 Å². The molecule has 0 aromatic rings. The van der Waals surface area contributed by atoms with Gasteiger partial charge in [-0.2, -0.15) is 0 Å². The third-order valence-electron chi connectivity index (χ3n) is 11.8. The summed E-state index contributed by atoms with van der Waals surface area (Å²) in [6.07, 6.45) is 73.9. The lowest BCUT2D eigenvalue weighted by atomic mass is 10.1. The van der Waals surface area contributed by atoms with Gasteiger partial charge in [0.25, 0.3) is 0 Å². The molecule has 0 fully saturated rings. The van der Waals surface area contributed by atoms with Crippen molar-refractivity contribution in [3.05, 3.63) is 97.2 Å². The van der Waals surface area contributed by atoms with Crippen molar-refractivity contribution in [2.45, 2.75) is 264 Å². The van der Waals surface area contributed by atoms with E-state index in [1.165, 1.54) is 109 Å². The molecule has 1 atom stereocenters. The van der Waals surface area contributed by atoms with Crippen LogP contribution in [0.1, 0.15) is 258 Å². The van der Waals surface area contributed by atoms with Gasteiger partial charge in [0.2, 0.25) is 0 Å². The van der Waals surface area contributed by atoms with Crippen LogP contribution in [0.5, 0.6) is 0 Å². The van der Waals surface area contributed by atoms with E-state index >= 15 is 0 Å². The highest BCUT2D eigenvalue weighted by Gasteiger charge is 2.19. The number of unbranched alkanes of at least 4 members (excludes halogenated alkanes) is 23. The van der Waals surface area contributed by atoms with Crippen molar-refractivity contribution in [2.24, 2.45) is 0 Å². The van der Waals surface area contributed by atoms with E-state index in [-0.39, 0.29) is 31.1 Å². The SMILES string of the molecule is CC/C=C\C/C=C\C/C=C\C/C=C\C/C=C\C/C=C\CCCCC(=O)OCC(COC(=O)CCCCCCCCCCCCC)OC(=O)CCCCCCCCC/C=C\C/C=C\CCCCCC. The third-order valence-corrected chi connectivity index (χ3v) is 11.8. The van der Waals surface area contributed by atoms with Crippen LogP contribution in [-0.4, -0.2) is 37.2 Å². The van der Waals surface area contributed by atoms with Crippen LogP contribution in [0.25, 0.3) is 0 Å². The van der Waals surface area contributed by atoms with Gasteiger partial charge in [-0.05, 0) is 103 Å². The van der Waals surface area contributed by atoms with Gasteiger partial charge < -0.3 is 14.2 Å². The predicted molar refractivity (Wildman–Crippen MR) is 293 cm³/mol. The van der Waals surface area contributed by atoms with Gasteiger partial charge in [-0.1, -0.05) is 234 Å². The third kappa shape index (κ3) is 53.3. The number of hydrogen-bond acceptors (Lipinski definition) is 6. The van der Waals surface area contributed by atoms with Crippen molar-refractivity contribution in [2.75, 3.05) is 13.2 Å². The average Bonchev–Trinajstić information content (AvgIpc) is 3.34. The first-order valence-corrected chi connectivity index (χ1v) is 28.2. The Balaban J connectivity index is 4.44. The van der Waals surface area contributed by atoms with Crippen molar-refractivity contribution in [3.8, 4) is 0 Å². The van der Waals surface area contributed by atoms with Crippen LogP contribution in [0.4, 0.5) is 0 Å². The first-order chi connectivity index (χ1) is 33.5. The Morgan fingerprint density at radius 3 is 0.941 bits per heavy atom. The molecule has 0 saturated heterocycles. The number of carbonyl (C=O) groups is 3. The summed E-state index contributed by atoms with van der Waals surface area (Å²) in [5.74, 6) is -0.945. The van der Waals surface area contributed by atoms with Crippen molar-refractivity contribution < 1.29 is 28.6 Å². The Labute approximate surface area is 419 Å². The fraction of sp³-hybridized carbons (Fsp3) is 0.694. The summed E-state index contributed by atoms with van der Waals surface area (Å²) in [4.78, 5) is 38.1. The van der Waals surface area contributed by atoms with Gasteiger partial charge in [-0.15, -0.1) is 0 Å². The molecular weight excluding hydrogens is 841 g/mol. The van der Waals surface area contributed by atoms with Gasteiger partial charge in [0.1, 0.15) is 13.2 Å². The quantitative estimate of drug-likeness (QED) is 0.0262. The molecule has 6 nitrogen and oxygen atoms in total. The molecule has 0 aromatic carbocycles. The molecule has 0 heterocycles. The first kappa shape index (κ1) is 64.3. The number of hydrogen-bond donors (Lipinski definition) is 0. The first-order valence-electron chi connectivity index (χ1n) is 28.2. The molecule has 68 heavy (non-hydrogen) atoms. The minimum Gasteiger partial charge on any atom is -0.462 e. The number of ether oxygens (including phenoxy) is 3. The Kier molecular flexibility index (Phi) is 52.9. The van der Waals surface area contributed by atoms with E-state index in [1.807, 2.05) is 0 Å². The molecule has 388 valence electrons. The predicted octanol–water partition coefficient (Wildman–Crippen LogP) is 18.9. The van der Waals surface area contributed by atoms with E-state index in [1.54, 1.807) is 0 Å². The summed E-state index contributed by atoms with van der Waals surface area (Å²) in [7, 11) is 0. The topological polar surface area (TPSA) is 78.9 Å². The summed E-state index contributed by atoms with van der Waals surface area (Å²) in [6.45, 7) is 6.46. The smallest absolute Gasteiger partial charge is 0.306 e. The lowest BCUT2D eigenvalue weighted by Gasteiger charge is -2.18. The Morgan fingerprint density at radius 1 is 0.309 bits per heavy atom. The summed E-state index contributed by atoms with van der Waals surface area (Å²) in [5.41, 5.74) is 0. The average molecular weight is 946 g/mol. The van der Waals surface area contributed by atoms with Crippen LogP contribution in [0, 0.1) is 0 Å². The number of allylic oxidation sites excluding steroid dienone is 16. The maximum atomic E-state index is 12.8. The van der Waals surface area contributed by atoms with Gasteiger partial charge in [0, 0.05) is 19.3 Å². The zero-order chi connectivity index (χ0) is 49.3. The molecular formula is C62H104O6. The minimum atomic E-state index is -0.799. The van der Waals surface area contributed by atoms with E-state index < -0.39 is 6.10 Å². The molecule has 0 rings (SSSR count). The van der Waals surface area contributed by atoms with Gasteiger partial charge in [-0.25, -0.2) is 0 Å². The van der Waals surface area contributed by atoms with E-state index in [4.69, 9.17) is 14.2 Å². The van der Waals surface area contributed by atoms with Crippen LogP contribution >= 0.6 is 0 Å². The molecule has 0 N–H and O–H groups in total. The molecule has 0 aliphatic heterocycles. The lowest BCUT2D eigenvalue weighted by molar-refractivity contribution is -0.167. The molecule has 0 saturated carbocycles. The summed E-state index contributed by atoms with van der Waals surface area (Å²) in [5, 5.41) is 0. The number of rotatable bonds is 50. The fourth-order valence-electron chi connectivity index (χ4n) is 7.59. The summed E-state index contributed by atoms with van der Waals surface area (Å²) < 4.78 is 16.8. The van der Waals surface area contributed by atoms with Crippen molar-refractivity contribution in [1.29, 1.82) is 0 Å². The molecule has 0 aliphatic rings. The fourth-order valence-corrected chi connectivity index (χ4v) is 7.59. The van der Waals surface area contributed by atoms with Gasteiger partial charge in [-0.3, -0.25) is 14.4 Å². The summed E-state index contributed by atoms with van der Waals surface area (Å²) in [6, 6.07) is 0. The molecule has 0 radical (unpaired) electrons. The Hall–Kier alpha value is -3.67. The Morgan fingerprint density at radius 2 is 0.574 bits per heavy atom. The van der Waals surface area contributed by atoms with E-state index in [9.17, 15) is 14.4 Å². The van der Waals surface area contributed by atoms with E-state index in [0.29, 0.717) is 19.3 Å². The normalized spacial score (nSPS) is 12.8. The largest absolute Gasteiger partial charge is 0.462 e. The lowest BCUT2D eigenvalue weighted by Crippen LogP contribution is -2.30. The van der Waals surface area contributed by atoms with Crippen LogP contribution in [0.15, 0.2) is 97.2 Å². The molecule has 0 bridgehead atoms. The maximum Gasteiger partial charge on any atom is 0.306 e. The highest BCUT2D eigenvalue weighted by molar-refractivity contribution is 5.71. The molecule has 0 amide bonds. The monoisotopic (exact) mass is 945 g/mol. The molecule has 0 spiro atoms. The summed E-state index contributed by atoms with van der Waals surface area (Å²) >= 11 is 0. The molecule has 0 aromatic heterocycles. The van der Waals surface area contributed by atoms with E-state index in [2.05, 4.69) is 118 Å². The molecule has 0 aliphatic carbocycles. The highest BCUT2D eigenvalue weighted by Crippen LogP contribution is 2.14. The van der Waals surface area contributed by atoms with Crippen LogP contribution in [-0.2, 0) is 28.6 Å². The standard InChI is InChI=1S/C62H104O6/c1-4-7-10-13-16-19-22-24-26-28-30-31-32-34-35-37-40-43-46-49-52-55-61(64)67-58-59(57-66-60(63)54-51-48-45-42-39-21-18-15-12-9-6-3)68-62(65)56-53-50-47-44-41-38-36-33-29-27-25-23-20-17-14-11-8-5-2/h7,10,16,19-20,23-24,26-27,29-31,34-35,40,43,59H,4-6,8-9,11-15,17-18,21-22,25,28,32-33,36-39,41-42,44-58H2,1-3H3/b10-7-,19-16-,23-20-,26-24-,29-27-,31-30-,35-34-,43-40-. The van der Waals surface area contributed by atoms with Crippen LogP contribution in [0.2, 0.25) is 0 Å². The van der Waals surface area contributed by atoms with Crippen molar-refractivity contribution >= 4 is 17.9 Å². The second kappa shape index (κ2) is 55.9. The highest BCUT2D eigenvalue weighted by atomic mass is 16.6. The van der Waals surface area contributed by atoms with Gasteiger partial charge in [0.15, 0.2) is 6.10 Å². The van der Waals surface area contributed by atoms with Crippen molar-refractivity contribution in [3.63, 3.8) is 0 Å². The Bertz CT molecular complexity index is 1360. The van der Waals surface area contributed by atoms with E-state index in [0.717, 1.165) is 109 Å². The molecule has 1 unspecified atom stereocenters. The van der Waals surface area contributed by atoms with Crippen LogP contribution in [0.3, 0.4) is 0 Å². The van der Waals surface area contributed by atoms with Gasteiger partial charge >= 0.3 is 17.9 Å². The zero-order valence-corrected chi connectivity index (χ0v) is 44.3. The van der Waals surface area contributed by atoms with Gasteiger partial charge in [0.05, 0.1) is 0 Å². The van der Waals surface area contributed by atoms with Crippen LogP contribution < -0.4 is 0 Å². The second-order valence-corrected chi connectivity index (χ2v) is 18.5. The maximum absolute atomic E-state index is 12.8. The second-order valence-electron chi connectivity index (χ2n) is 18.5. The number of esters is 3. The molecule has 6 heteroatoms.